The predicted octanol–water partition coefficient (Wildman–Crippen LogP) is 2.94. The van der Waals surface area contributed by atoms with Crippen LogP contribution in [0.3, 0.4) is 0 Å². The summed E-state index contributed by atoms with van der Waals surface area (Å²) in [6.07, 6.45) is 0.629. The molecule has 1 amide bonds. The fourth-order valence-corrected chi connectivity index (χ4v) is 5.39. The SMILES string of the molecule is C=S1(=O)N=C(C2C(=O)C[C@H](CC)N(Cc3ccc(F)cc3)C2=O)Nc2ccc([N+](=O)[O-])cc21. The van der Waals surface area contributed by atoms with Crippen LogP contribution in [0.1, 0.15) is 25.3 Å². The number of amidine groups is 1. The molecule has 1 saturated heterocycles. The van der Waals surface area contributed by atoms with Gasteiger partial charge >= 0.3 is 0 Å². The molecule has 11 heteroatoms. The Hall–Kier alpha value is -3.60. The number of nitrogens with one attached hydrogen (secondary N) is 1. The highest BCUT2D eigenvalue weighted by molar-refractivity contribution is 7.99. The zero-order valence-corrected chi connectivity index (χ0v) is 18.5. The van der Waals surface area contributed by atoms with E-state index < -0.39 is 32.3 Å². The summed E-state index contributed by atoms with van der Waals surface area (Å²) in [5.41, 5.74) is 0.675. The number of carbonyl (C=O) groups is 2. The van der Waals surface area contributed by atoms with Gasteiger partial charge in [-0.05, 0) is 36.1 Å². The molecule has 2 unspecified atom stereocenters. The van der Waals surface area contributed by atoms with Gasteiger partial charge in [-0.15, -0.1) is 0 Å². The van der Waals surface area contributed by atoms with Crippen molar-refractivity contribution in [3.8, 4) is 0 Å². The summed E-state index contributed by atoms with van der Waals surface area (Å²) in [4.78, 5) is 38.5. The molecule has 3 atom stereocenters. The van der Waals surface area contributed by atoms with Gasteiger partial charge in [-0.3, -0.25) is 19.7 Å². The molecular weight excluding hydrogens is 451 g/mol. The van der Waals surface area contributed by atoms with E-state index in [1.54, 1.807) is 17.0 Å². The Morgan fingerprint density at radius 2 is 1.97 bits per heavy atom. The molecule has 0 spiro atoms. The zero-order chi connectivity index (χ0) is 23.9. The molecule has 2 aliphatic rings. The van der Waals surface area contributed by atoms with Crippen LogP contribution in [-0.2, 0) is 25.8 Å². The van der Waals surface area contributed by atoms with Crippen LogP contribution in [0.15, 0.2) is 51.8 Å². The van der Waals surface area contributed by atoms with E-state index in [9.17, 15) is 28.3 Å². The van der Waals surface area contributed by atoms with Crippen LogP contribution in [-0.4, -0.2) is 43.5 Å². The molecule has 0 aromatic heterocycles. The second-order valence-electron chi connectivity index (χ2n) is 7.94. The normalized spacial score (nSPS) is 24.7. The van der Waals surface area contributed by atoms with E-state index in [-0.39, 0.29) is 46.9 Å². The minimum Gasteiger partial charge on any atom is -0.341 e. The number of Topliss-reactive ketones (excluding diaryl/α,β-unsaturated/α-hetero) is 1. The summed E-state index contributed by atoms with van der Waals surface area (Å²) in [5.74, 6) is 0.933. The Morgan fingerprint density at radius 3 is 2.61 bits per heavy atom. The van der Waals surface area contributed by atoms with Crippen molar-refractivity contribution in [2.24, 2.45) is 10.3 Å². The number of likely N-dealkylation sites (tertiary alicyclic amines) is 1. The third-order valence-corrected chi connectivity index (χ3v) is 7.29. The molecule has 4 rings (SSSR count). The van der Waals surface area contributed by atoms with E-state index in [4.69, 9.17) is 0 Å². The van der Waals surface area contributed by atoms with Crippen molar-refractivity contribution in [2.45, 2.75) is 37.2 Å². The molecule has 2 aromatic carbocycles. The number of nitrogens with zero attached hydrogens (tertiary/aromatic N) is 3. The van der Waals surface area contributed by atoms with E-state index >= 15 is 0 Å². The highest BCUT2D eigenvalue weighted by Gasteiger charge is 2.44. The van der Waals surface area contributed by atoms with Crippen LogP contribution in [0.5, 0.6) is 0 Å². The van der Waals surface area contributed by atoms with Gasteiger partial charge < -0.3 is 10.2 Å². The molecule has 9 nitrogen and oxygen atoms in total. The molecule has 0 bridgehead atoms. The van der Waals surface area contributed by atoms with E-state index in [1.807, 2.05) is 6.92 Å². The van der Waals surface area contributed by atoms with Crippen molar-refractivity contribution in [1.82, 2.24) is 4.90 Å². The standard InChI is InChI=1S/C22H21FN4O5S/c1-3-15-10-18(28)20(22(29)26(15)12-13-4-6-14(23)7-5-13)21-24-17-9-8-16(27(30)31)11-19(17)33(2,32)25-21/h4-9,11,15,20H,2-3,10,12H2,1H3,(H,24,25,32)/t15-,20?,33?/m0/s1. The Kier molecular flexibility index (Phi) is 5.75. The maximum Gasteiger partial charge on any atom is 0.270 e. The average molecular weight is 472 g/mol. The molecule has 2 aliphatic heterocycles. The van der Waals surface area contributed by atoms with Gasteiger partial charge in [0.25, 0.3) is 5.69 Å². The van der Waals surface area contributed by atoms with Crippen molar-refractivity contribution in [2.75, 3.05) is 5.32 Å². The lowest BCUT2D eigenvalue weighted by atomic mass is 9.87. The van der Waals surface area contributed by atoms with Crippen molar-refractivity contribution in [1.29, 1.82) is 0 Å². The largest absolute Gasteiger partial charge is 0.341 e. The highest BCUT2D eigenvalue weighted by atomic mass is 32.2. The third kappa shape index (κ3) is 4.23. The lowest BCUT2D eigenvalue weighted by Crippen LogP contribution is -2.55. The second kappa shape index (κ2) is 8.39. The van der Waals surface area contributed by atoms with Crippen LogP contribution in [0, 0.1) is 21.8 Å². The number of anilines is 1. The lowest BCUT2D eigenvalue weighted by molar-refractivity contribution is -0.385. The first-order valence-corrected chi connectivity index (χ1v) is 11.9. The minimum atomic E-state index is -3.39. The number of hydrogen-bond donors (Lipinski definition) is 1. The molecule has 33 heavy (non-hydrogen) atoms. The molecule has 0 saturated carbocycles. The first-order valence-electron chi connectivity index (χ1n) is 10.2. The second-order valence-corrected chi connectivity index (χ2v) is 9.84. The number of carbonyl (C=O) groups excluding carboxylic acids is 2. The average Bonchev–Trinajstić information content (AvgIpc) is 2.76. The quantitative estimate of drug-likeness (QED) is 0.309. The number of fused-ring (bicyclic) bond motifs is 1. The summed E-state index contributed by atoms with van der Waals surface area (Å²) >= 11 is 0. The lowest BCUT2D eigenvalue weighted by Gasteiger charge is -2.39. The fraction of sp³-hybridized carbons (Fsp3) is 0.273. The van der Waals surface area contributed by atoms with Crippen LogP contribution in [0.2, 0.25) is 0 Å². The van der Waals surface area contributed by atoms with Crippen molar-refractivity contribution in [3.63, 3.8) is 0 Å². The van der Waals surface area contributed by atoms with E-state index in [2.05, 4.69) is 15.6 Å². The molecule has 1 N–H and O–H groups in total. The molecule has 0 radical (unpaired) electrons. The van der Waals surface area contributed by atoms with Gasteiger partial charge in [0, 0.05) is 31.1 Å². The van der Waals surface area contributed by atoms with Crippen LogP contribution < -0.4 is 5.32 Å². The van der Waals surface area contributed by atoms with Gasteiger partial charge in [0.15, 0.2) is 11.7 Å². The Balaban J connectivity index is 1.69. The first kappa shape index (κ1) is 22.6. The summed E-state index contributed by atoms with van der Waals surface area (Å²) in [6, 6.07) is 9.11. The van der Waals surface area contributed by atoms with Gasteiger partial charge in [-0.2, -0.15) is 4.40 Å². The fourth-order valence-electron chi connectivity index (χ4n) is 4.06. The van der Waals surface area contributed by atoms with Crippen molar-refractivity contribution in [3.05, 3.63) is 64.0 Å². The number of nitro benzene ring substituents is 1. The van der Waals surface area contributed by atoms with E-state index in [1.165, 1.54) is 24.3 Å². The number of amides is 1. The minimum absolute atomic E-state index is 0.0331. The number of halogens is 1. The third-order valence-electron chi connectivity index (χ3n) is 5.77. The molecular formula is C22H21FN4O5S. The van der Waals surface area contributed by atoms with E-state index in [0.717, 1.165) is 6.07 Å². The topological polar surface area (TPSA) is 122 Å². The monoisotopic (exact) mass is 472 g/mol. The Morgan fingerprint density at radius 1 is 1.27 bits per heavy atom. The number of rotatable bonds is 5. The summed E-state index contributed by atoms with van der Waals surface area (Å²) in [7, 11) is -3.39. The summed E-state index contributed by atoms with van der Waals surface area (Å²) in [6.45, 7) is 2.04. The number of nitro groups is 1. The number of non-ortho nitro benzene ring substituents is 1. The maximum absolute atomic E-state index is 13.4. The molecule has 172 valence electrons. The zero-order valence-electron chi connectivity index (χ0n) is 17.7. The highest BCUT2D eigenvalue weighted by Crippen LogP contribution is 2.34. The van der Waals surface area contributed by atoms with Gasteiger partial charge in [0.1, 0.15) is 11.7 Å². The van der Waals surface area contributed by atoms with Gasteiger partial charge in [0.2, 0.25) is 5.91 Å². The maximum atomic E-state index is 13.4. The van der Waals surface area contributed by atoms with Crippen LogP contribution >= 0.6 is 0 Å². The smallest absolute Gasteiger partial charge is 0.270 e. The van der Waals surface area contributed by atoms with Crippen LogP contribution in [0.4, 0.5) is 15.8 Å². The summed E-state index contributed by atoms with van der Waals surface area (Å²) in [5, 5.41) is 13.9. The number of benzene rings is 2. The molecule has 1 fully saturated rings. The van der Waals surface area contributed by atoms with Gasteiger partial charge in [-0.1, -0.05) is 19.1 Å². The van der Waals surface area contributed by atoms with Crippen molar-refractivity contribution >= 4 is 44.5 Å². The van der Waals surface area contributed by atoms with E-state index in [0.29, 0.717) is 12.0 Å². The van der Waals surface area contributed by atoms with Gasteiger partial charge in [-0.25, -0.2) is 8.60 Å². The number of ketones is 1. The van der Waals surface area contributed by atoms with Gasteiger partial charge in [0.05, 0.1) is 25.2 Å². The summed E-state index contributed by atoms with van der Waals surface area (Å²) < 4.78 is 30.5. The van der Waals surface area contributed by atoms with Crippen LogP contribution in [0.25, 0.3) is 0 Å². The first-order chi connectivity index (χ1) is 15.6. The molecule has 2 aromatic rings. The number of hydrogen-bond acceptors (Lipinski definition) is 6. The Bertz CT molecular complexity index is 1290. The Labute approximate surface area is 189 Å². The molecule has 0 aliphatic carbocycles. The van der Waals surface area contributed by atoms with Crippen molar-refractivity contribution < 1.29 is 23.1 Å². The number of piperidine rings is 1. The molecule has 2 heterocycles. The predicted molar refractivity (Wildman–Crippen MR) is 122 cm³/mol.